The van der Waals surface area contributed by atoms with Crippen molar-refractivity contribution in [3.63, 3.8) is 0 Å². The first-order valence-corrected chi connectivity index (χ1v) is 4.63. The van der Waals surface area contributed by atoms with Crippen molar-refractivity contribution >= 4 is 31.9 Å². The van der Waals surface area contributed by atoms with E-state index in [1.165, 1.54) is 0 Å². The third kappa shape index (κ3) is 1.93. The number of ether oxygens (including phenoxy) is 1. The summed E-state index contributed by atoms with van der Waals surface area (Å²) < 4.78 is 8.97. The molecule has 0 saturated carbocycles. The Morgan fingerprint density at radius 3 is 2.09 bits per heavy atom. The molecule has 0 atom stereocenters. The van der Waals surface area contributed by atoms with Crippen LogP contribution in [-0.4, -0.2) is 7.11 Å². The molecular formula is C7H8Br2NO+. The fourth-order valence-corrected chi connectivity index (χ4v) is 1.76. The number of rotatable bonds is 1. The van der Waals surface area contributed by atoms with Gasteiger partial charge in [-0.2, -0.15) is 4.57 Å². The Morgan fingerprint density at radius 1 is 1.27 bits per heavy atom. The smallest absolute Gasteiger partial charge is 0.252 e. The van der Waals surface area contributed by atoms with Crippen LogP contribution in [0.15, 0.2) is 21.3 Å². The van der Waals surface area contributed by atoms with Crippen LogP contribution in [0.2, 0.25) is 0 Å². The van der Waals surface area contributed by atoms with Gasteiger partial charge in [0.05, 0.1) is 19.2 Å². The molecule has 0 fully saturated rings. The highest BCUT2D eigenvalue weighted by atomic mass is 79.9. The fourth-order valence-electron chi connectivity index (χ4n) is 0.690. The van der Waals surface area contributed by atoms with E-state index in [1.54, 1.807) is 7.11 Å². The van der Waals surface area contributed by atoms with Crippen LogP contribution in [0.3, 0.4) is 0 Å². The highest BCUT2D eigenvalue weighted by molar-refractivity contribution is 9.11. The van der Waals surface area contributed by atoms with E-state index in [2.05, 4.69) is 31.9 Å². The van der Waals surface area contributed by atoms with Crippen molar-refractivity contribution in [1.82, 2.24) is 0 Å². The fraction of sp³-hybridized carbons (Fsp3) is 0.286. The molecule has 0 saturated heterocycles. The van der Waals surface area contributed by atoms with Gasteiger partial charge in [-0.1, -0.05) is 0 Å². The number of aromatic nitrogens is 1. The maximum atomic E-state index is 5.06. The maximum Gasteiger partial charge on any atom is 0.252 e. The summed E-state index contributed by atoms with van der Waals surface area (Å²) >= 11 is 6.78. The molecule has 0 aliphatic heterocycles. The third-order valence-electron chi connectivity index (χ3n) is 1.40. The first-order chi connectivity index (χ1) is 5.15. The normalized spacial score (nSPS) is 9.82. The quantitative estimate of drug-likeness (QED) is 0.567. The third-order valence-corrected chi connectivity index (χ3v) is 2.92. The lowest BCUT2D eigenvalue weighted by molar-refractivity contribution is -0.693. The molecule has 1 aromatic heterocycles. The van der Waals surface area contributed by atoms with Gasteiger partial charge in [-0.3, -0.25) is 0 Å². The van der Waals surface area contributed by atoms with Gasteiger partial charge in [-0.05, 0) is 0 Å². The second kappa shape index (κ2) is 3.54. The van der Waals surface area contributed by atoms with Gasteiger partial charge in [-0.15, -0.1) is 0 Å². The van der Waals surface area contributed by atoms with Crippen LogP contribution in [0, 0.1) is 0 Å². The number of pyridine rings is 1. The van der Waals surface area contributed by atoms with Crippen molar-refractivity contribution in [3.05, 3.63) is 21.3 Å². The van der Waals surface area contributed by atoms with Crippen LogP contribution in [0.4, 0.5) is 0 Å². The average Bonchev–Trinajstić information content (AvgIpc) is 1.99. The van der Waals surface area contributed by atoms with Gasteiger partial charge in [0.1, 0.15) is 12.8 Å². The lowest BCUT2D eigenvalue weighted by atomic mass is 10.4. The van der Waals surface area contributed by atoms with E-state index >= 15 is 0 Å². The van der Waals surface area contributed by atoms with E-state index in [0.29, 0.717) is 0 Å². The minimum absolute atomic E-state index is 0.835. The van der Waals surface area contributed by atoms with Crippen molar-refractivity contribution in [3.8, 4) is 5.75 Å². The summed E-state index contributed by atoms with van der Waals surface area (Å²) in [4.78, 5) is 0. The van der Waals surface area contributed by atoms with E-state index in [-0.39, 0.29) is 0 Å². The average molecular weight is 282 g/mol. The molecule has 0 radical (unpaired) electrons. The molecule has 4 heteroatoms. The molecule has 60 valence electrons. The summed E-state index contributed by atoms with van der Waals surface area (Å²) in [5.41, 5.74) is 0. The van der Waals surface area contributed by atoms with E-state index < -0.39 is 0 Å². The number of hydrogen-bond acceptors (Lipinski definition) is 1. The molecule has 0 bridgehead atoms. The van der Waals surface area contributed by atoms with Crippen molar-refractivity contribution in [2.75, 3.05) is 7.11 Å². The van der Waals surface area contributed by atoms with Crippen LogP contribution in [0.1, 0.15) is 0 Å². The lowest BCUT2D eigenvalue weighted by Crippen LogP contribution is -2.31. The predicted octanol–water partition coefficient (Wildman–Crippen LogP) is 2.04. The van der Waals surface area contributed by atoms with Crippen molar-refractivity contribution in [2.45, 2.75) is 0 Å². The van der Waals surface area contributed by atoms with Gasteiger partial charge in [-0.25, -0.2) is 0 Å². The molecule has 0 spiro atoms. The minimum atomic E-state index is 0.835. The Bertz CT molecular complexity index is 252. The van der Waals surface area contributed by atoms with E-state index in [9.17, 15) is 0 Å². The highest BCUT2D eigenvalue weighted by Gasteiger charge is 2.09. The van der Waals surface area contributed by atoms with Gasteiger partial charge in [0.2, 0.25) is 0 Å². The molecular weight excluding hydrogens is 274 g/mol. The van der Waals surface area contributed by atoms with Crippen LogP contribution in [-0.2, 0) is 7.05 Å². The van der Waals surface area contributed by atoms with Crippen LogP contribution >= 0.6 is 31.9 Å². The number of hydrogen-bond donors (Lipinski definition) is 0. The van der Waals surface area contributed by atoms with E-state index in [0.717, 1.165) is 15.0 Å². The van der Waals surface area contributed by atoms with Crippen LogP contribution < -0.4 is 9.30 Å². The Hall–Kier alpha value is -0.0900. The second-order valence-electron chi connectivity index (χ2n) is 2.10. The number of nitrogens with zero attached hydrogens (tertiary/aromatic N) is 1. The second-order valence-corrected chi connectivity index (χ2v) is 3.72. The van der Waals surface area contributed by atoms with E-state index in [4.69, 9.17) is 4.74 Å². The molecule has 0 amide bonds. The zero-order chi connectivity index (χ0) is 8.43. The Labute approximate surface area is 82.4 Å². The summed E-state index contributed by atoms with van der Waals surface area (Å²) in [6, 6.07) is 3.82. The van der Waals surface area contributed by atoms with Gasteiger partial charge in [0.25, 0.3) is 9.21 Å². The molecule has 0 unspecified atom stereocenters. The van der Waals surface area contributed by atoms with Crippen LogP contribution in [0.25, 0.3) is 0 Å². The molecule has 1 rings (SSSR count). The summed E-state index contributed by atoms with van der Waals surface area (Å²) in [6.07, 6.45) is 0. The molecule has 2 nitrogen and oxygen atoms in total. The highest BCUT2D eigenvalue weighted by Crippen LogP contribution is 2.18. The van der Waals surface area contributed by atoms with E-state index in [1.807, 2.05) is 23.7 Å². The van der Waals surface area contributed by atoms with Crippen LogP contribution in [0.5, 0.6) is 5.75 Å². The lowest BCUT2D eigenvalue weighted by Gasteiger charge is -1.99. The monoisotopic (exact) mass is 280 g/mol. The molecule has 1 heterocycles. The largest absolute Gasteiger partial charge is 0.496 e. The predicted molar refractivity (Wildman–Crippen MR) is 49.6 cm³/mol. The molecule has 0 aliphatic rings. The maximum absolute atomic E-state index is 5.06. The summed E-state index contributed by atoms with van der Waals surface area (Å²) in [6.45, 7) is 0. The zero-order valence-electron chi connectivity index (χ0n) is 6.27. The first-order valence-electron chi connectivity index (χ1n) is 3.04. The summed E-state index contributed by atoms with van der Waals surface area (Å²) in [7, 11) is 3.60. The summed E-state index contributed by atoms with van der Waals surface area (Å²) in [5.74, 6) is 0.835. The van der Waals surface area contributed by atoms with Crippen molar-refractivity contribution < 1.29 is 9.30 Å². The molecule has 0 N–H and O–H groups in total. The van der Waals surface area contributed by atoms with Gasteiger partial charge in [0, 0.05) is 31.9 Å². The Balaban J connectivity index is 3.21. The molecule has 0 aromatic carbocycles. The summed E-state index contributed by atoms with van der Waals surface area (Å²) in [5, 5.41) is 0. The zero-order valence-corrected chi connectivity index (χ0v) is 9.44. The number of halogens is 2. The topological polar surface area (TPSA) is 13.1 Å². The molecule has 0 aliphatic carbocycles. The van der Waals surface area contributed by atoms with Gasteiger partial charge < -0.3 is 4.74 Å². The Kier molecular flexibility index (Phi) is 2.90. The van der Waals surface area contributed by atoms with Crippen molar-refractivity contribution in [1.29, 1.82) is 0 Å². The van der Waals surface area contributed by atoms with Gasteiger partial charge >= 0.3 is 0 Å². The minimum Gasteiger partial charge on any atom is -0.496 e. The first kappa shape index (κ1) is 9.00. The SMILES string of the molecule is COc1cc(Br)[n+](C)c(Br)c1. The van der Waals surface area contributed by atoms with Gasteiger partial charge in [0.15, 0.2) is 0 Å². The van der Waals surface area contributed by atoms with Crippen molar-refractivity contribution in [2.24, 2.45) is 7.05 Å². The standard InChI is InChI=1S/C7H8Br2NO/c1-10-6(8)3-5(11-2)4-7(10)9/h3-4H,1-2H3/q+1. The molecule has 11 heavy (non-hydrogen) atoms. The molecule has 1 aromatic rings. The Morgan fingerprint density at radius 2 is 1.73 bits per heavy atom. The number of methoxy groups -OCH3 is 1.